The number of H-pyrrole nitrogens is 1. The number of ether oxygens (including phenoxy) is 1. The number of rotatable bonds is 5. The molecule has 1 aliphatic carbocycles. The summed E-state index contributed by atoms with van der Waals surface area (Å²) in [4.78, 5) is 28.4. The third-order valence-corrected chi connectivity index (χ3v) is 6.13. The highest BCUT2D eigenvalue weighted by molar-refractivity contribution is 6.28. The van der Waals surface area contributed by atoms with Crippen LogP contribution in [0.5, 0.6) is 0 Å². The molecule has 5 rings (SSSR count). The van der Waals surface area contributed by atoms with Gasteiger partial charge < -0.3 is 20.4 Å². The quantitative estimate of drug-likeness (QED) is 0.503. The zero-order valence-corrected chi connectivity index (χ0v) is 18.4. The Labute approximate surface area is 189 Å². The molecular weight excluding hydrogens is 435 g/mol. The first-order valence-electron chi connectivity index (χ1n) is 10.5. The normalized spacial score (nSPS) is 16.8. The molecule has 8 nitrogen and oxygen atoms in total. The second-order valence-electron chi connectivity index (χ2n) is 7.97. The highest BCUT2D eigenvalue weighted by Crippen LogP contribution is 2.42. The fourth-order valence-electron chi connectivity index (χ4n) is 4.34. The van der Waals surface area contributed by atoms with Crippen LogP contribution in [0.1, 0.15) is 52.5 Å². The summed E-state index contributed by atoms with van der Waals surface area (Å²) in [7, 11) is 0. The Kier molecular flexibility index (Phi) is 5.30. The molecule has 0 unspecified atom stereocenters. The number of halogens is 2. The molecule has 0 radical (unpaired) electrons. The maximum atomic E-state index is 15.8. The predicted octanol–water partition coefficient (Wildman–Crippen LogP) is 3.88. The molecule has 1 aliphatic heterocycles. The molecule has 32 heavy (non-hydrogen) atoms. The number of carbonyl (C=O) groups excluding carboxylic acids is 1. The van der Waals surface area contributed by atoms with Gasteiger partial charge >= 0.3 is 0 Å². The predicted molar refractivity (Wildman–Crippen MR) is 118 cm³/mol. The van der Waals surface area contributed by atoms with Crippen molar-refractivity contribution in [3.63, 3.8) is 0 Å². The van der Waals surface area contributed by atoms with Crippen LogP contribution < -0.4 is 10.6 Å². The van der Waals surface area contributed by atoms with Gasteiger partial charge in [0.1, 0.15) is 5.82 Å². The average Bonchev–Trinajstić information content (AvgIpc) is 3.18. The Balaban J connectivity index is 1.58. The maximum Gasteiger partial charge on any atom is 0.253 e. The van der Waals surface area contributed by atoms with Crippen LogP contribution in [0, 0.1) is 5.82 Å². The van der Waals surface area contributed by atoms with Crippen LogP contribution in [-0.2, 0) is 24.2 Å². The molecule has 166 valence electrons. The van der Waals surface area contributed by atoms with Gasteiger partial charge in [-0.2, -0.15) is 0 Å². The van der Waals surface area contributed by atoms with Gasteiger partial charge in [0.2, 0.25) is 5.28 Å². The first-order chi connectivity index (χ1) is 15.5. The minimum Gasteiger partial charge on any atom is -0.377 e. The summed E-state index contributed by atoms with van der Waals surface area (Å²) < 4.78 is 21.3. The Bertz CT molecular complexity index is 1230. The number of carbonyl (C=O) groups is 1. The lowest BCUT2D eigenvalue weighted by Crippen LogP contribution is -2.34. The van der Waals surface area contributed by atoms with Crippen molar-refractivity contribution in [1.29, 1.82) is 0 Å². The standard InChI is InChI=1S/C22H22ClFN6O2/c1-3-32-9-12-8-27-22(23)30-19(12)29-20-16(24)14-11(7-25-20)4-5-13-15-17(28-18(13)14)10(2)6-26-21(15)31/h7-8,10,28H,3-6,9H2,1-2H3,(H,26,31)(H,25,27,29,30)/t10-/m1/s1. The molecule has 0 aromatic carbocycles. The van der Waals surface area contributed by atoms with Gasteiger partial charge in [0.25, 0.3) is 5.91 Å². The highest BCUT2D eigenvalue weighted by Gasteiger charge is 2.34. The van der Waals surface area contributed by atoms with Crippen molar-refractivity contribution in [2.75, 3.05) is 18.5 Å². The summed E-state index contributed by atoms with van der Waals surface area (Å²) >= 11 is 5.96. The zero-order chi connectivity index (χ0) is 22.4. The number of pyridine rings is 1. The monoisotopic (exact) mass is 456 g/mol. The van der Waals surface area contributed by atoms with E-state index in [1.807, 2.05) is 13.8 Å². The lowest BCUT2D eigenvalue weighted by molar-refractivity contribution is 0.0940. The third kappa shape index (κ3) is 3.41. The topological polar surface area (TPSA) is 105 Å². The van der Waals surface area contributed by atoms with Gasteiger partial charge in [-0.15, -0.1) is 0 Å². The van der Waals surface area contributed by atoms with Crippen LogP contribution in [0.25, 0.3) is 11.3 Å². The Morgan fingerprint density at radius 1 is 1.25 bits per heavy atom. The second-order valence-corrected chi connectivity index (χ2v) is 8.31. The van der Waals surface area contributed by atoms with Crippen LogP contribution in [0.15, 0.2) is 12.4 Å². The molecule has 0 bridgehead atoms. The second kappa shape index (κ2) is 8.14. The van der Waals surface area contributed by atoms with Crippen molar-refractivity contribution in [1.82, 2.24) is 25.3 Å². The summed E-state index contributed by atoms with van der Waals surface area (Å²) in [5.41, 5.74) is 4.88. The lowest BCUT2D eigenvalue weighted by Gasteiger charge is -2.21. The number of nitrogens with one attached hydrogen (secondary N) is 3. The minimum absolute atomic E-state index is 0.0224. The highest BCUT2D eigenvalue weighted by atomic mass is 35.5. The van der Waals surface area contributed by atoms with Crippen molar-refractivity contribution in [3.8, 4) is 11.3 Å². The van der Waals surface area contributed by atoms with Crippen LogP contribution >= 0.6 is 11.6 Å². The number of aryl methyl sites for hydroxylation is 1. The summed E-state index contributed by atoms with van der Waals surface area (Å²) in [5.74, 6) is -0.132. The fraction of sp³-hybridized carbons (Fsp3) is 0.364. The van der Waals surface area contributed by atoms with E-state index in [0.29, 0.717) is 54.2 Å². The molecule has 4 heterocycles. The fourth-order valence-corrected chi connectivity index (χ4v) is 4.48. The van der Waals surface area contributed by atoms with Gasteiger partial charge in [-0.1, -0.05) is 6.92 Å². The average molecular weight is 457 g/mol. The van der Waals surface area contributed by atoms with E-state index in [-0.39, 0.29) is 29.5 Å². The Hall–Kier alpha value is -3.04. The van der Waals surface area contributed by atoms with E-state index in [1.54, 1.807) is 12.4 Å². The summed E-state index contributed by atoms with van der Waals surface area (Å²) in [5, 5.41) is 5.91. The summed E-state index contributed by atoms with van der Waals surface area (Å²) in [6.45, 7) is 5.24. The molecule has 0 fully saturated rings. The van der Waals surface area contributed by atoms with Gasteiger partial charge in [0.05, 0.1) is 17.9 Å². The molecule has 2 aliphatic rings. The largest absolute Gasteiger partial charge is 0.377 e. The van der Waals surface area contributed by atoms with E-state index < -0.39 is 5.82 Å². The molecular formula is C22H22ClFN6O2. The van der Waals surface area contributed by atoms with E-state index in [9.17, 15) is 4.79 Å². The zero-order valence-electron chi connectivity index (χ0n) is 17.7. The van der Waals surface area contributed by atoms with Crippen LogP contribution in [0.3, 0.4) is 0 Å². The molecule has 1 amide bonds. The third-order valence-electron chi connectivity index (χ3n) is 5.95. The summed E-state index contributed by atoms with van der Waals surface area (Å²) in [6.07, 6.45) is 4.47. The van der Waals surface area contributed by atoms with E-state index in [4.69, 9.17) is 16.3 Å². The van der Waals surface area contributed by atoms with E-state index >= 15 is 4.39 Å². The smallest absolute Gasteiger partial charge is 0.253 e. The number of amides is 1. The number of aromatic amines is 1. The van der Waals surface area contributed by atoms with Gasteiger partial charge in [0.15, 0.2) is 11.6 Å². The molecule has 0 saturated heterocycles. The summed E-state index contributed by atoms with van der Waals surface area (Å²) in [6, 6.07) is 0. The van der Waals surface area contributed by atoms with Crippen molar-refractivity contribution in [2.45, 2.75) is 39.2 Å². The number of hydrogen-bond donors (Lipinski definition) is 3. The SMILES string of the molecule is CCOCc1cnc(Cl)nc1Nc1ncc2c(c1F)-c1[nH]c3c(c1CC2)C(=O)NC[C@H]3C. The first-order valence-corrected chi connectivity index (χ1v) is 10.9. The molecule has 3 aromatic rings. The van der Waals surface area contributed by atoms with Crippen LogP contribution in [-0.4, -0.2) is 39.0 Å². The van der Waals surface area contributed by atoms with Gasteiger partial charge in [-0.05, 0) is 42.5 Å². The molecule has 0 spiro atoms. The number of fused-ring (bicyclic) bond motifs is 5. The molecule has 0 saturated carbocycles. The molecule has 1 atom stereocenters. The number of nitrogens with zero attached hydrogens (tertiary/aromatic N) is 3. The lowest BCUT2D eigenvalue weighted by atomic mass is 9.87. The van der Waals surface area contributed by atoms with Gasteiger partial charge in [-0.3, -0.25) is 4.79 Å². The number of anilines is 2. The Morgan fingerprint density at radius 2 is 2.09 bits per heavy atom. The Morgan fingerprint density at radius 3 is 2.91 bits per heavy atom. The minimum atomic E-state index is -0.507. The molecule has 10 heteroatoms. The van der Waals surface area contributed by atoms with Crippen molar-refractivity contribution >= 4 is 29.1 Å². The van der Waals surface area contributed by atoms with Crippen molar-refractivity contribution < 1.29 is 13.9 Å². The molecule has 3 aromatic heterocycles. The van der Waals surface area contributed by atoms with E-state index in [0.717, 1.165) is 16.8 Å². The van der Waals surface area contributed by atoms with Crippen LogP contribution in [0.2, 0.25) is 5.28 Å². The number of hydrogen-bond acceptors (Lipinski definition) is 6. The number of aromatic nitrogens is 4. The molecule has 3 N–H and O–H groups in total. The first kappa shape index (κ1) is 20.8. The van der Waals surface area contributed by atoms with Gasteiger partial charge in [0, 0.05) is 48.3 Å². The van der Waals surface area contributed by atoms with E-state index in [2.05, 4.69) is 30.6 Å². The maximum absolute atomic E-state index is 15.8. The van der Waals surface area contributed by atoms with Gasteiger partial charge in [-0.25, -0.2) is 19.3 Å². The van der Waals surface area contributed by atoms with Crippen molar-refractivity contribution in [3.05, 3.63) is 51.4 Å². The van der Waals surface area contributed by atoms with Crippen molar-refractivity contribution in [2.24, 2.45) is 0 Å². The van der Waals surface area contributed by atoms with E-state index in [1.165, 1.54) is 0 Å². The van der Waals surface area contributed by atoms with Crippen LogP contribution in [0.4, 0.5) is 16.0 Å².